The molecule has 5 aromatic carbocycles. The fourth-order valence-corrected chi connectivity index (χ4v) is 5.67. The summed E-state index contributed by atoms with van der Waals surface area (Å²) in [7, 11) is 3.33. The average Bonchev–Trinajstić information content (AvgIpc) is 3.08. The van der Waals surface area contributed by atoms with Crippen LogP contribution in [-0.4, -0.2) is 14.2 Å². The van der Waals surface area contributed by atoms with E-state index >= 15 is 0 Å². The Morgan fingerprint density at radius 3 is 1.50 bits per heavy atom. The molecule has 0 N–H and O–H groups in total. The third-order valence-corrected chi connectivity index (χ3v) is 8.81. The molecule has 0 bridgehead atoms. The Morgan fingerprint density at radius 1 is 0.565 bits per heavy atom. The number of hydrogen-bond donors (Lipinski definition) is 0. The van der Waals surface area contributed by atoms with Crippen LogP contribution in [0.1, 0.15) is 49.9 Å². The minimum atomic E-state index is -0.364. The molecule has 0 saturated heterocycles. The molecule has 2 unspecified atom stereocenters. The van der Waals surface area contributed by atoms with E-state index in [9.17, 15) is 4.79 Å². The lowest BCUT2D eigenvalue weighted by atomic mass is 10.00. The van der Waals surface area contributed by atoms with Gasteiger partial charge in [-0.2, -0.15) is 0 Å². The van der Waals surface area contributed by atoms with Crippen molar-refractivity contribution in [1.29, 1.82) is 0 Å². The maximum absolute atomic E-state index is 11.8. The van der Waals surface area contributed by atoms with Gasteiger partial charge in [-0.05, 0) is 85.0 Å². The van der Waals surface area contributed by atoms with E-state index in [4.69, 9.17) is 18.6 Å². The molecule has 234 valence electrons. The first-order valence-electron chi connectivity index (χ1n) is 15.0. The molecular formula is C40H37BrO5. The second-order valence-electron chi connectivity index (χ2n) is 11.1. The summed E-state index contributed by atoms with van der Waals surface area (Å²) in [6.45, 7) is 6.05. The van der Waals surface area contributed by atoms with Crippen molar-refractivity contribution in [2.75, 3.05) is 14.2 Å². The van der Waals surface area contributed by atoms with Gasteiger partial charge < -0.3 is 18.6 Å². The number of fused-ring (bicyclic) bond motifs is 1. The van der Waals surface area contributed by atoms with E-state index in [2.05, 4.69) is 90.4 Å². The van der Waals surface area contributed by atoms with E-state index < -0.39 is 0 Å². The molecule has 0 saturated carbocycles. The number of halogens is 1. The molecule has 0 fully saturated rings. The standard InChI is InChI=1S/C25H22O4.C15H15BrO/c1-16-4-6-18(7-5-16)25(19-8-10-20(27-3)11-9-19)28-21-12-13-22-17(2)14-24(26)29-23(22)15-21;1-11-3-5-12(6-4-11)15(16)13-7-9-14(17-2)10-8-13/h4-15,25H,1-3H3;3-10,15H,1-2H3. The van der Waals surface area contributed by atoms with Crippen LogP contribution in [0.25, 0.3) is 11.0 Å². The topological polar surface area (TPSA) is 57.9 Å². The molecule has 0 radical (unpaired) electrons. The number of methoxy groups -OCH3 is 2. The minimum Gasteiger partial charge on any atom is -0.497 e. The molecule has 6 heteroatoms. The Morgan fingerprint density at radius 2 is 1.00 bits per heavy atom. The first-order chi connectivity index (χ1) is 22.2. The maximum Gasteiger partial charge on any atom is 0.336 e. The Bertz CT molecular complexity index is 1930. The zero-order valence-electron chi connectivity index (χ0n) is 26.6. The first-order valence-corrected chi connectivity index (χ1v) is 15.9. The summed E-state index contributed by atoms with van der Waals surface area (Å²) in [4.78, 5) is 12.0. The third kappa shape index (κ3) is 8.06. The third-order valence-electron chi connectivity index (χ3n) is 7.75. The van der Waals surface area contributed by atoms with Gasteiger partial charge in [-0.25, -0.2) is 4.79 Å². The number of ether oxygens (including phenoxy) is 3. The Labute approximate surface area is 278 Å². The van der Waals surface area contributed by atoms with Crippen LogP contribution < -0.4 is 19.8 Å². The molecule has 6 aromatic rings. The summed E-state index contributed by atoms with van der Waals surface area (Å²) < 4.78 is 22.2. The monoisotopic (exact) mass is 676 g/mol. The van der Waals surface area contributed by atoms with Gasteiger partial charge >= 0.3 is 5.63 Å². The van der Waals surface area contributed by atoms with Crippen LogP contribution in [-0.2, 0) is 0 Å². The molecular weight excluding hydrogens is 640 g/mol. The van der Waals surface area contributed by atoms with Crippen LogP contribution in [0.5, 0.6) is 17.2 Å². The molecule has 1 heterocycles. The highest BCUT2D eigenvalue weighted by Gasteiger charge is 2.17. The fourth-order valence-electron chi connectivity index (χ4n) is 5.06. The minimum absolute atomic E-state index is 0.231. The zero-order valence-corrected chi connectivity index (χ0v) is 28.2. The molecule has 0 aliphatic carbocycles. The molecule has 0 amide bonds. The molecule has 6 rings (SSSR count). The van der Waals surface area contributed by atoms with Crippen LogP contribution >= 0.6 is 15.9 Å². The van der Waals surface area contributed by atoms with E-state index in [1.807, 2.05) is 55.5 Å². The molecule has 0 aliphatic rings. The van der Waals surface area contributed by atoms with E-state index in [0.717, 1.165) is 33.6 Å². The second-order valence-corrected chi connectivity index (χ2v) is 12.1. The highest BCUT2D eigenvalue weighted by Crippen LogP contribution is 2.33. The SMILES string of the molecule is COc1ccc(C(Br)c2ccc(C)cc2)cc1.COc1ccc(C(Oc2ccc3c(C)cc(=O)oc3c2)c2ccc(C)cc2)cc1. The predicted octanol–water partition coefficient (Wildman–Crippen LogP) is 10.1. The van der Waals surface area contributed by atoms with E-state index in [-0.39, 0.29) is 16.6 Å². The maximum atomic E-state index is 11.8. The van der Waals surface area contributed by atoms with E-state index in [1.54, 1.807) is 20.3 Å². The van der Waals surface area contributed by atoms with Crippen LogP contribution in [0.4, 0.5) is 0 Å². The summed E-state index contributed by atoms with van der Waals surface area (Å²) in [5, 5.41) is 0.897. The molecule has 2 atom stereocenters. The highest BCUT2D eigenvalue weighted by atomic mass is 79.9. The van der Waals surface area contributed by atoms with Gasteiger partial charge in [0.05, 0.1) is 19.0 Å². The lowest BCUT2D eigenvalue weighted by Gasteiger charge is -2.21. The number of alkyl halides is 1. The van der Waals surface area contributed by atoms with Gasteiger partial charge in [-0.1, -0.05) is 99.9 Å². The van der Waals surface area contributed by atoms with Gasteiger partial charge in [0.2, 0.25) is 0 Å². The Hall–Kier alpha value is -4.81. The van der Waals surface area contributed by atoms with E-state index in [1.165, 1.54) is 28.3 Å². The van der Waals surface area contributed by atoms with Crippen molar-refractivity contribution >= 4 is 26.9 Å². The molecule has 0 spiro atoms. The number of rotatable bonds is 8. The van der Waals surface area contributed by atoms with Crippen LogP contribution in [0.3, 0.4) is 0 Å². The summed E-state index contributed by atoms with van der Waals surface area (Å²) >= 11 is 3.72. The van der Waals surface area contributed by atoms with Crippen molar-refractivity contribution in [3.8, 4) is 17.2 Å². The van der Waals surface area contributed by atoms with Gasteiger partial charge in [0, 0.05) is 17.5 Å². The van der Waals surface area contributed by atoms with Gasteiger partial charge in [0.15, 0.2) is 0 Å². The first kappa shape index (κ1) is 32.6. The highest BCUT2D eigenvalue weighted by molar-refractivity contribution is 9.09. The average molecular weight is 678 g/mol. The van der Waals surface area contributed by atoms with Crippen molar-refractivity contribution in [3.63, 3.8) is 0 Å². The van der Waals surface area contributed by atoms with Gasteiger partial charge in [0.1, 0.15) is 28.9 Å². The van der Waals surface area contributed by atoms with Crippen molar-refractivity contribution < 1.29 is 18.6 Å². The molecule has 46 heavy (non-hydrogen) atoms. The Kier molecular flexibility index (Phi) is 10.6. The normalized spacial score (nSPS) is 12.0. The lowest BCUT2D eigenvalue weighted by Crippen LogP contribution is -2.09. The summed E-state index contributed by atoms with van der Waals surface area (Å²) in [5.74, 6) is 2.31. The smallest absolute Gasteiger partial charge is 0.336 e. The molecule has 1 aromatic heterocycles. The molecule has 5 nitrogen and oxygen atoms in total. The zero-order chi connectivity index (χ0) is 32.6. The Balaban J connectivity index is 0.000000209. The number of aryl methyl sites for hydroxylation is 3. The molecule has 0 aliphatic heterocycles. The van der Waals surface area contributed by atoms with Crippen molar-refractivity contribution in [1.82, 2.24) is 0 Å². The summed E-state index contributed by atoms with van der Waals surface area (Å²) in [6, 6.07) is 39.9. The van der Waals surface area contributed by atoms with E-state index in [0.29, 0.717) is 11.3 Å². The van der Waals surface area contributed by atoms with Gasteiger partial charge in [-0.3, -0.25) is 0 Å². The van der Waals surface area contributed by atoms with Crippen LogP contribution in [0, 0.1) is 20.8 Å². The summed E-state index contributed by atoms with van der Waals surface area (Å²) in [6.07, 6.45) is -0.310. The van der Waals surface area contributed by atoms with Crippen LogP contribution in [0.2, 0.25) is 0 Å². The van der Waals surface area contributed by atoms with Gasteiger partial charge in [0.25, 0.3) is 0 Å². The van der Waals surface area contributed by atoms with Crippen LogP contribution in [0.15, 0.2) is 131 Å². The second kappa shape index (κ2) is 15.0. The lowest BCUT2D eigenvalue weighted by molar-refractivity contribution is 0.247. The summed E-state index contributed by atoms with van der Waals surface area (Å²) in [5.41, 5.74) is 8.03. The van der Waals surface area contributed by atoms with Crippen molar-refractivity contribution in [3.05, 3.63) is 171 Å². The predicted molar refractivity (Wildman–Crippen MR) is 189 cm³/mol. The quantitative estimate of drug-likeness (QED) is 0.119. The largest absolute Gasteiger partial charge is 0.497 e. The fraction of sp³-hybridized carbons (Fsp3) is 0.175. The number of hydrogen-bond acceptors (Lipinski definition) is 5. The van der Waals surface area contributed by atoms with Gasteiger partial charge in [-0.15, -0.1) is 0 Å². The van der Waals surface area contributed by atoms with Crippen molar-refractivity contribution in [2.24, 2.45) is 0 Å². The van der Waals surface area contributed by atoms with Crippen molar-refractivity contribution in [2.45, 2.75) is 31.7 Å². The number of benzene rings is 5.